The molecule has 2 fully saturated rings. The van der Waals surface area contributed by atoms with E-state index < -0.39 is 6.09 Å². The number of nitrogens with one attached hydrogen (secondary N) is 1. The van der Waals surface area contributed by atoms with E-state index in [2.05, 4.69) is 29.3 Å². The summed E-state index contributed by atoms with van der Waals surface area (Å²) in [6.07, 6.45) is 2.40. The number of carbonyl (C=O) groups excluding carboxylic acids is 2. The summed E-state index contributed by atoms with van der Waals surface area (Å²) in [5.74, 6) is 0.888. The predicted octanol–water partition coefficient (Wildman–Crippen LogP) is 4.55. The van der Waals surface area contributed by atoms with Crippen molar-refractivity contribution in [3.8, 4) is 5.75 Å². The van der Waals surface area contributed by atoms with Crippen LogP contribution in [0.5, 0.6) is 5.75 Å². The van der Waals surface area contributed by atoms with E-state index in [1.165, 1.54) is 15.4 Å². The summed E-state index contributed by atoms with van der Waals surface area (Å²) >= 11 is 0. The number of nitrogens with zero attached hydrogens (tertiary/aromatic N) is 4. The normalized spacial score (nSPS) is 21.0. The van der Waals surface area contributed by atoms with Gasteiger partial charge in [-0.25, -0.2) is 9.59 Å². The molecule has 1 atom stereocenters. The largest absolute Gasteiger partial charge is 0.490 e. The first-order valence-corrected chi connectivity index (χ1v) is 14.8. The fourth-order valence-electron chi connectivity index (χ4n) is 5.85. The second-order valence-electron chi connectivity index (χ2n) is 11.9. The van der Waals surface area contributed by atoms with Crippen molar-refractivity contribution in [2.75, 3.05) is 45.7 Å². The Morgan fingerprint density at radius 3 is 2.40 bits per heavy atom. The van der Waals surface area contributed by atoms with Gasteiger partial charge in [0.25, 0.3) is 0 Å². The minimum absolute atomic E-state index is 0.0329. The number of anilines is 1. The van der Waals surface area contributed by atoms with Crippen LogP contribution >= 0.6 is 0 Å². The molecule has 2 aromatic rings. The number of hydrogen-bond donors (Lipinski definition) is 2. The Bertz CT molecular complexity index is 1260. The Kier molecular flexibility index (Phi) is 10.3. The number of urea groups is 1. The summed E-state index contributed by atoms with van der Waals surface area (Å²) in [6.45, 7) is 7.15. The third-order valence-electron chi connectivity index (χ3n) is 8.47. The highest BCUT2D eigenvalue weighted by molar-refractivity contribution is 5.94. The van der Waals surface area contributed by atoms with E-state index in [0.717, 1.165) is 54.8 Å². The molecular weight excluding hydrogens is 534 g/mol. The average molecular weight is 580 g/mol. The van der Waals surface area contributed by atoms with Gasteiger partial charge in [-0.1, -0.05) is 18.2 Å². The van der Waals surface area contributed by atoms with Gasteiger partial charge in [-0.05, 0) is 80.5 Å². The van der Waals surface area contributed by atoms with Gasteiger partial charge in [0.1, 0.15) is 5.75 Å². The zero-order valence-electron chi connectivity index (χ0n) is 25.5. The molecule has 2 aliphatic rings. The summed E-state index contributed by atoms with van der Waals surface area (Å²) in [6, 6.07) is 13.8. The Morgan fingerprint density at radius 1 is 1.02 bits per heavy atom. The molecule has 0 radical (unpaired) electrons. The zero-order chi connectivity index (χ0) is 30.4. The average Bonchev–Trinajstić information content (AvgIpc) is 2.96. The number of benzene rings is 2. The number of carbonyl (C=O) groups is 3. The van der Waals surface area contributed by atoms with E-state index in [1.54, 1.807) is 19.0 Å². The predicted molar refractivity (Wildman–Crippen MR) is 163 cm³/mol. The highest BCUT2D eigenvalue weighted by Crippen LogP contribution is 2.31. The summed E-state index contributed by atoms with van der Waals surface area (Å²) in [5, 5.41) is 12.2. The van der Waals surface area contributed by atoms with Crippen molar-refractivity contribution < 1.29 is 24.2 Å². The van der Waals surface area contributed by atoms with Crippen molar-refractivity contribution in [2.45, 2.75) is 64.8 Å². The number of amides is 4. The van der Waals surface area contributed by atoms with Gasteiger partial charge in [0.2, 0.25) is 5.91 Å². The van der Waals surface area contributed by atoms with Crippen LogP contribution in [0.4, 0.5) is 15.3 Å². The molecule has 0 aromatic heterocycles. The molecule has 10 nitrogen and oxygen atoms in total. The highest BCUT2D eigenvalue weighted by Gasteiger charge is 2.30. The minimum Gasteiger partial charge on any atom is -0.490 e. The summed E-state index contributed by atoms with van der Waals surface area (Å²) in [4.78, 5) is 43.7. The van der Waals surface area contributed by atoms with Crippen molar-refractivity contribution in [3.05, 3.63) is 59.2 Å². The molecule has 228 valence electrons. The molecule has 0 bridgehead atoms. The first-order chi connectivity index (χ1) is 20.0. The number of rotatable bonds is 8. The molecule has 1 saturated heterocycles. The van der Waals surface area contributed by atoms with Crippen molar-refractivity contribution in [1.82, 2.24) is 20.0 Å². The molecule has 0 spiro atoms. The quantitative estimate of drug-likeness (QED) is 0.476. The van der Waals surface area contributed by atoms with Crippen molar-refractivity contribution in [3.63, 3.8) is 0 Å². The molecule has 1 saturated carbocycles. The summed E-state index contributed by atoms with van der Waals surface area (Å²) in [7, 11) is 5.27. The van der Waals surface area contributed by atoms with E-state index in [1.807, 2.05) is 44.3 Å². The van der Waals surface area contributed by atoms with Gasteiger partial charge in [-0.2, -0.15) is 0 Å². The van der Waals surface area contributed by atoms with Crippen LogP contribution in [0.2, 0.25) is 0 Å². The molecule has 1 heterocycles. The van der Waals surface area contributed by atoms with Gasteiger partial charge in [-0.15, -0.1) is 0 Å². The van der Waals surface area contributed by atoms with Crippen molar-refractivity contribution in [2.24, 2.45) is 5.92 Å². The second-order valence-corrected chi connectivity index (χ2v) is 11.9. The van der Waals surface area contributed by atoms with Gasteiger partial charge in [0, 0.05) is 71.5 Å². The molecular formula is C32H45N5O5. The molecule has 4 rings (SSSR count). The minimum atomic E-state index is -0.856. The van der Waals surface area contributed by atoms with Crippen LogP contribution in [-0.4, -0.2) is 90.8 Å². The summed E-state index contributed by atoms with van der Waals surface area (Å²) in [5.41, 5.74) is 4.19. The van der Waals surface area contributed by atoms with Gasteiger partial charge < -0.3 is 29.9 Å². The first kappa shape index (κ1) is 31.2. The smallest absolute Gasteiger partial charge is 0.407 e. The maximum Gasteiger partial charge on any atom is 0.407 e. The van der Waals surface area contributed by atoms with E-state index in [4.69, 9.17) is 4.74 Å². The van der Waals surface area contributed by atoms with Gasteiger partial charge >= 0.3 is 12.1 Å². The van der Waals surface area contributed by atoms with Crippen LogP contribution in [0.1, 0.15) is 49.3 Å². The zero-order valence-corrected chi connectivity index (χ0v) is 25.5. The van der Waals surface area contributed by atoms with Crippen molar-refractivity contribution >= 4 is 23.7 Å². The number of hydrogen-bond acceptors (Lipinski definition) is 5. The SMILES string of the molecule is Cc1cc(N(C)C(=O)[C@H]2CC[C@H](Oc3cccc(CNC(=O)N(C)C)c3)CC2)ccc1CN1CCN(C(=O)O)[C@@H](C)C1. The van der Waals surface area contributed by atoms with E-state index in [9.17, 15) is 19.5 Å². The third kappa shape index (κ3) is 7.94. The summed E-state index contributed by atoms with van der Waals surface area (Å²) < 4.78 is 6.26. The maximum absolute atomic E-state index is 13.4. The number of ether oxygens (including phenoxy) is 1. The number of aryl methyl sites for hydroxylation is 1. The van der Waals surface area contributed by atoms with E-state index in [-0.39, 0.29) is 30.0 Å². The van der Waals surface area contributed by atoms with Crippen LogP contribution in [0.15, 0.2) is 42.5 Å². The Morgan fingerprint density at radius 2 is 1.76 bits per heavy atom. The lowest BCUT2D eigenvalue weighted by Crippen LogP contribution is -2.53. The van der Waals surface area contributed by atoms with Crippen LogP contribution < -0.4 is 15.0 Å². The van der Waals surface area contributed by atoms with Crippen LogP contribution in [-0.2, 0) is 17.9 Å². The Labute approximate surface area is 249 Å². The van der Waals surface area contributed by atoms with Gasteiger partial charge in [0.05, 0.1) is 6.10 Å². The monoisotopic (exact) mass is 579 g/mol. The van der Waals surface area contributed by atoms with E-state index in [0.29, 0.717) is 26.2 Å². The standard InChI is InChI=1S/C32H45N5O5/c1-22-17-27(12-9-26(22)21-36-15-16-37(32(40)41)23(2)20-36)35(5)30(38)25-10-13-28(14-11-25)42-29-8-6-7-24(18-29)19-33-31(39)34(3)4/h6-9,12,17-18,23,25,28H,10-11,13-16,19-21H2,1-5H3,(H,33,39)(H,40,41)/t23-,25-,28-/m0/s1. The molecule has 1 aliphatic carbocycles. The van der Waals surface area contributed by atoms with Gasteiger partial charge in [0.15, 0.2) is 0 Å². The second kappa shape index (κ2) is 13.9. The number of carboxylic acid groups (broad SMARTS) is 1. The molecule has 42 heavy (non-hydrogen) atoms. The number of piperazine rings is 1. The topological polar surface area (TPSA) is 106 Å². The van der Waals surface area contributed by atoms with Crippen LogP contribution in [0, 0.1) is 12.8 Å². The molecule has 2 N–H and O–H groups in total. The Balaban J connectivity index is 1.26. The Hall–Kier alpha value is -3.79. The lowest BCUT2D eigenvalue weighted by atomic mass is 9.86. The van der Waals surface area contributed by atoms with Gasteiger partial charge in [-0.3, -0.25) is 9.69 Å². The van der Waals surface area contributed by atoms with Crippen LogP contribution in [0.25, 0.3) is 0 Å². The van der Waals surface area contributed by atoms with E-state index >= 15 is 0 Å². The van der Waals surface area contributed by atoms with Crippen LogP contribution in [0.3, 0.4) is 0 Å². The lowest BCUT2D eigenvalue weighted by molar-refractivity contribution is -0.123. The fourth-order valence-corrected chi connectivity index (χ4v) is 5.85. The third-order valence-corrected chi connectivity index (χ3v) is 8.47. The fraction of sp³-hybridized carbons (Fsp3) is 0.531. The highest BCUT2D eigenvalue weighted by atomic mass is 16.5. The first-order valence-electron chi connectivity index (χ1n) is 14.8. The lowest BCUT2D eigenvalue weighted by Gasteiger charge is -2.38. The molecule has 10 heteroatoms. The molecule has 1 aliphatic heterocycles. The van der Waals surface area contributed by atoms with Crippen molar-refractivity contribution in [1.29, 1.82) is 0 Å². The molecule has 2 aromatic carbocycles. The molecule has 0 unspecified atom stereocenters. The molecule has 4 amide bonds. The maximum atomic E-state index is 13.4.